The first-order valence-electron chi connectivity index (χ1n) is 7.64. The summed E-state index contributed by atoms with van der Waals surface area (Å²) in [5.41, 5.74) is 1.10. The molecular formula is C17H19N3O4. The minimum absolute atomic E-state index is 0.00917. The van der Waals surface area contributed by atoms with Gasteiger partial charge >= 0.3 is 12.1 Å². The molecule has 1 aliphatic heterocycles. The summed E-state index contributed by atoms with van der Waals surface area (Å²) >= 11 is 0. The average molecular weight is 329 g/mol. The number of aromatic carboxylic acids is 1. The number of imidazole rings is 1. The number of fused-ring (bicyclic) bond motifs is 1. The summed E-state index contributed by atoms with van der Waals surface area (Å²) in [6.45, 7) is 5.41. The molecule has 1 aromatic carbocycles. The van der Waals surface area contributed by atoms with E-state index in [2.05, 4.69) is 9.97 Å². The SMILES string of the molecule is CC(C)(C)OC(=O)N1c2ccccc2CC1c1ncc(C(=O)O)[nH]1. The van der Waals surface area contributed by atoms with Crippen LogP contribution in [0.4, 0.5) is 10.5 Å². The van der Waals surface area contributed by atoms with Gasteiger partial charge in [-0.2, -0.15) is 0 Å². The number of carboxylic acid groups (broad SMARTS) is 1. The van der Waals surface area contributed by atoms with Crippen LogP contribution in [0.5, 0.6) is 0 Å². The molecule has 0 aliphatic carbocycles. The van der Waals surface area contributed by atoms with Gasteiger partial charge in [0.1, 0.15) is 23.2 Å². The molecule has 0 fully saturated rings. The molecule has 2 heterocycles. The van der Waals surface area contributed by atoms with Crippen molar-refractivity contribution < 1.29 is 19.4 Å². The lowest BCUT2D eigenvalue weighted by atomic mass is 10.1. The Morgan fingerprint density at radius 3 is 2.67 bits per heavy atom. The van der Waals surface area contributed by atoms with Crippen molar-refractivity contribution in [1.29, 1.82) is 0 Å². The van der Waals surface area contributed by atoms with Crippen LogP contribution in [-0.4, -0.2) is 32.7 Å². The van der Waals surface area contributed by atoms with E-state index in [0.717, 1.165) is 11.3 Å². The highest BCUT2D eigenvalue weighted by Gasteiger charge is 2.38. The highest BCUT2D eigenvalue weighted by Crippen LogP contribution is 2.40. The van der Waals surface area contributed by atoms with Crippen molar-refractivity contribution in [2.75, 3.05) is 4.90 Å². The van der Waals surface area contributed by atoms with Crippen molar-refractivity contribution in [3.05, 3.63) is 47.5 Å². The fraction of sp³-hybridized carbons (Fsp3) is 0.353. The largest absolute Gasteiger partial charge is 0.477 e. The Morgan fingerprint density at radius 2 is 2.04 bits per heavy atom. The molecular weight excluding hydrogens is 310 g/mol. The number of anilines is 1. The molecule has 1 amide bonds. The van der Waals surface area contributed by atoms with Gasteiger partial charge < -0.3 is 14.8 Å². The van der Waals surface area contributed by atoms with E-state index in [1.54, 1.807) is 20.8 Å². The maximum absolute atomic E-state index is 12.7. The summed E-state index contributed by atoms with van der Waals surface area (Å²) in [5, 5.41) is 9.07. The molecule has 1 aliphatic rings. The molecule has 0 radical (unpaired) electrons. The van der Waals surface area contributed by atoms with E-state index in [-0.39, 0.29) is 5.69 Å². The van der Waals surface area contributed by atoms with Gasteiger partial charge in [0.2, 0.25) is 0 Å². The molecule has 1 atom stereocenters. The van der Waals surface area contributed by atoms with Crippen LogP contribution in [0, 0.1) is 0 Å². The number of aromatic nitrogens is 2. The molecule has 7 nitrogen and oxygen atoms in total. The van der Waals surface area contributed by atoms with Gasteiger partial charge in [0.15, 0.2) is 0 Å². The summed E-state index contributed by atoms with van der Waals surface area (Å²) in [6.07, 6.45) is 1.32. The molecule has 2 N–H and O–H groups in total. The average Bonchev–Trinajstić information content (AvgIpc) is 3.09. The highest BCUT2D eigenvalue weighted by atomic mass is 16.6. The Hall–Kier alpha value is -2.83. The lowest BCUT2D eigenvalue weighted by Crippen LogP contribution is -2.38. The zero-order valence-corrected chi connectivity index (χ0v) is 13.7. The normalized spacial score (nSPS) is 16.8. The summed E-state index contributed by atoms with van der Waals surface area (Å²) in [7, 11) is 0. The lowest BCUT2D eigenvalue weighted by molar-refractivity contribution is 0.0567. The Kier molecular flexibility index (Phi) is 3.79. The van der Waals surface area contributed by atoms with Crippen LogP contribution in [0.25, 0.3) is 0 Å². The van der Waals surface area contributed by atoms with E-state index in [1.807, 2.05) is 24.3 Å². The summed E-state index contributed by atoms with van der Waals surface area (Å²) in [5.74, 6) is -0.664. The molecule has 24 heavy (non-hydrogen) atoms. The lowest BCUT2D eigenvalue weighted by Gasteiger charge is -2.28. The molecule has 0 saturated carbocycles. The van der Waals surface area contributed by atoms with Gasteiger partial charge in [-0.1, -0.05) is 18.2 Å². The van der Waals surface area contributed by atoms with Crippen LogP contribution in [0.2, 0.25) is 0 Å². The topological polar surface area (TPSA) is 95.5 Å². The molecule has 1 aromatic heterocycles. The Bertz CT molecular complexity index is 791. The van der Waals surface area contributed by atoms with Crippen LogP contribution in [0.1, 0.15) is 48.7 Å². The Morgan fingerprint density at radius 1 is 1.33 bits per heavy atom. The van der Waals surface area contributed by atoms with Gasteiger partial charge in [0.25, 0.3) is 0 Å². The predicted octanol–water partition coefficient (Wildman–Crippen LogP) is 3.15. The van der Waals surface area contributed by atoms with Crippen LogP contribution in [-0.2, 0) is 11.2 Å². The fourth-order valence-corrected chi connectivity index (χ4v) is 2.76. The van der Waals surface area contributed by atoms with Crippen molar-refractivity contribution in [2.24, 2.45) is 0 Å². The predicted molar refractivity (Wildman–Crippen MR) is 87.1 cm³/mol. The van der Waals surface area contributed by atoms with Gasteiger partial charge in [-0.15, -0.1) is 0 Å². The third-order valence-electron chi connectivity index (χ3n) is 3.71. The van der Waals surface area contributed by atoms with E-state index in [4.69, 9.17) is 9.84 Å². The summed E-state index contributed by atoms with van der Waals surface area (Å²) in [4.78, 5) is 32.2. The summed E-state index contributed by atoms with van der Waals surface area (Å²) < 4.78 is 5.51. The fourth-order valence-electron chi connectivity index (χ4n) is 2.76. The van der Waals surface area contributed by atoms with Gasteiger partial charge in [-0.25, -0.2) is 14.6 Å². The number of carboxylic acids is 1. The van der Waals surface area contributed by atoms with E-state index >= 15 is 0 Å². The standard InChI is InChI=1S/C17H19N3O4/c1-17(2,3)24-16(23)20-12-7-5-4-6-10(12)8-13(20)14-18-9-11(19-14)15(21)22/h4-7,9,13H,8H2,1-3H3,(H,18,19)(H,21,22). The number of benzene rings is 1. The Labute approximate surface area is 139 Å². The number of H-pyrrole nitrogens is 1. The maximum atomic E-state index is 12.7. The number of rotatable bonds is 2. The zero-order chi connectivity index (χ0) is 17.5. The van der Waals surface area contributed by atoms with Crippen LogP contribution in [0.15, 0.2) is 30.5 Å². The zero-order valence-electron chi connectivity index (χ0n) is 13.7. The molecule has 0 bridgehead atoms. The van der Waals surface area contributed by atoms with E-state index < -0.39 is 23.7 Å². The van der Waals surface area contributed by atoms with Gasteiger partial charge in [0, 0.05) is 6.42 Å². The Balaban J connectivity index is 1.98. The van der Waals surface area contributed by atoms with Gasteiger partial charge in [0.05, 0.1) is 11.9 Å². The molecule has 126 valence electrons. The van der Waals surface area contributed by atoms with Crippen molar-refractivity contribution in [3.63, 3.8) is 0 Å². The number of nitrogens with zero attached hydrogens (tertiary/aromatic N) is 2. The number of amides is 1. The second kappa shape index (κ2) is 5.67. The minimum atomic E-state index is -1.09. The highest BCUT2D eigenvalue weighted by molar-refractivity contribution is 5.91. The smallest absolute Gasteiger partial charge is 0.415 e. The van der Waals surface area contributed by atoms with Crippen LogP contribution >= 0.6 is 0 Å². The molecule has 2 aromatic rings. The summed E-state index contributed by atoms with van der Waals surface area (Å²) in [6, 6.07) is 7.11. The number of para-hydroxylation sites is 1. The van der Waals surface area contributed by atoms with Gasteiger partial charge in [-0.3, -0.25) is 4.90 Å². The van der Waals surface area contributed by atoms with E-state index in [0.29, 0.717) is 12.2 Å². The number of hydrogen-bond donors (Lipinski definition) is 2. The van der Waals surface area contributed by atoms with Crippen molar-refractivity contribution in [1.82, 2.24) is 9.97 Å². The molecule has 3 rings (SSSR count). The number of ether oxygens (including phenoxy) is 1. The van der Waals surface area contributed by atoms with Crippen molar-refractivity contribution >= 4 is 17.7 Å². The quantitative estimate of drug-likeness (QED) is 0.882. The van der Waals surface area contributed by atoms with Crippen molar-refractivity contribution in [3.8, 4) is 0 Å². The van der Waals surface area contributed by atoms with E-state index in [9.17, 15) is 9.59 Å². The first-order chi connectivity index (χ1) is 11.3. The van der Waals surface area contributed by atoms with Gasteiger partial charge in [-0.05, 0) is 32.4 Å². The second-order valence-electron chi connectivity index (χ2n) is 6.69. The first-order valence-corrected chi connectivity index (χ1v) is 7.64. The van der Waals surface area contributed by atoms with E-state index in [1.165, 1.54) is 11.1 Å². The molecule has 7 heteroatoms. The third-order valence-corrected chi connectivity index (χ3v) is 3.71. The number of nitrogens with one attached hydrogen (secondary N) is 1. The third kappa shape index (κ3) is 2.97. The number of hydrogen-bond acceptors (Lipinski definition) is 4. The monoisotopic (exact) mass is 329 g/mol. The number of aromatic amines is 1. The first kappa shape index (κ1) is 16.0. The van der Waals surface area contributed by atoms with Crippen LogP contribution in [0.3, 0.4) is 0 Å². The van der Waals surface area contributed by atoms with Crippen LogP contribution < -0.4 is 4.90 Å². The number of carbonyl (C=O) groups is 2. The number of carbonyl (C=O) groups excluding carboxylic acids is 1. The maximum Gasteiger partial charge on any atom is 0.415 e. The second-order valence-corrected chi connectivity index (χ2v) is 6.69. The van der Waals surface area contributed by atoms with Crippen molar-refractivity contribution in [2.45, 2.75) is 38.8 Å². The molecule has 0 spiro atoms. The minimum Gasteiger partial charge on any atom is -0.477 e. The molecule has 1 unspecified atom stereocenters. The molecule has 0 saturated heterocycles.